The quantitative estimate of drug-likeness (QED) is 0.568. The first-order valence-corrected chi connectivity index (χ1v) is 8.24. The Labute approximate surface area is 123 Å². The highest BCUT2D eigenvalue weighted by atomic mass is 35.5. The Morgan fingerprint density at radius 3 is 2.16 bits per heavy atom. The second-order valence-corrected chi connectivity index (χ2v) is 7.06. The first kappa shape index (κ1) is 14.9. The summed E-state index contributed by atoms with van der Waals surface area (Å²) in [5, 5.41) is 0.188. The van der Waals surface area contributed by atoms with Gasteiger partial charge >= 0.3 is 0 Å². The summed E-state index contributed by atoms with van der Waals surface area (Å²) in [6.45, 7) is 6.83. The predicted molar refractivity (Wildman–Crippen MR) is 84.8 cm³/mol. The van der Waals surface area contributed by atoms with Crippen molar-refractivity contribution < 1.29 is 0 Å². The number of alkyl halides is 1. The molecule has 0 amide bonds. The fraction of sp³-hybridized carbons (Fsp3) is 0.667. The van der Waals surface area contributed by atoms with Crippen molar-refractivity contribution >= 4 is 11.6 Å². The van der Waals surface area contributed by atoms with E-state index in [1.807, 2.05) is 0 Å². The summed E-state index contributed by atoms with van der Waals surface area (Å²) in [6, 6.07) is 9.04. The zero-order valence-electron chi connectivity index (χ0n) is 12.6. The van der Waals surface area contributed by atoms with Gasteiger partial charge in [-0.2, -0.15) is 0 Å². The Hall–Kier alpha value is -0.490. The van der Waals surface area contributed by atoms with Crippen LogP contribution in [0.2, 0.25) is 0 Å². The third-order valence-corrected chi connectivity index (χ3v) is 5.47. The third-order valence-electron chi connectivity index (χ3n) is 4.76. The van der Waals surface area contributed by atoms with Crippen molar-refractivity contribution in [2.75, 3.05) is 0 Å². The molecule has 1 atom stereocenters. The Morgan fingerprint density at radius 1 is 1.11 bits per heavy atom. The molecule has 1 heteroatoms. The molecular weight excluding hydrogens is 252 g/mol. The molecule has 0 heterocycles. The maximum Gasteiger partial charge on any atom is 0.0641 e. The van der Waals surface area contributed by atoms with Gasteiger partial charge in [-0.3, -0.25) is 0 Å². The van der Waals surface area contributed by atoms with Crippen LogP contribution in [-0.4, -0.2) is 0 Å². The minimum absolute atomic E-state index is 0.188. The molecule has 0 saturated heterocycles. The lowest BCUT2D eigenvalue weighted by Crippen LogP contribution is -2.21. The van der Waals surface area contributed by atoms with Crippen LogP contribution >= 0.6 is 11.6 Å². The van der Waals surface area contributed by atoms with E-state index in [9.17, 15) is 0 Å². The number of halogens is 1. The first-order valence-electron chi connectivity index (χ1n) is 7.80. The second-order valence-electron chi connectivity index (χ2n) is 6.63. The molecule has 1 aliphatic rings. The van der Waals surface area contributed by atoms with Crippen LogP contribution in [0.5, 0.6) is 0 Å². The van der Waals surface area contributed by atoms with Gasteiger partial charge in [0, 0.05) is 0 Å². The summed E-state index contributed by atoms with van der Waals surface area (Å²) < 4.78 is 0. The van der Waals surface area contributed by atoms with Crippen LogP contribution in [0.1, 0.15) is 69.4 Å². The van der Waals surface area contributed by atoms with E-state index >= 15 is 0 Å². The van der Waals surface area contributed by atoms with Crippen LogP contribution in [-0.2, 0) is 6.42 Å². The van der Waals surface area contributed by atoms with Crippen LogP contribution < -0.4 is 0 Å². The smallest absolute Gasteiger partial charge is 0.0641 e. The number of benzene rings is 1. The van der Waals surface area contributed by atoms with Gasteiger partial charge in [0.15, 0.2) is 0 Å². The zero-order chi connectivity index (χ0) is 13.9. The van der Waals surface area contributed by atoms with Crippen molar-refractivity contribution in [1.82, 2.24) is 0 Å². The van der Waals surface area contributed by atoms with Crippen LogP contribution in [0, 0.1) is 11.3 Å². The van der Waals surface area contributed by atoms with Crippen molar-refractivity contribution in [3.05, 3.63) is 35.4 Å². The predicted octanol–water partition coefficient (Wildman–Crippen LogP) is 6.14. The molecule has 0 N–H and O–H groups in total. The number of hydrogen-bond donors (Lipinski definition) is 0. The molecule has 1 aromatic rings. The summed E-state index contributed by atoms with van der Waals surface area (Å²) >= 11 is 6.83. The molecule has 1 unspecified atom stereocenters. The summed E-state index contributed by atoms with van der Waals surface area (Å²) in [6.07, 6.45) is 7.66. The number of rotatable bonds is 5. The topological polar surface area (TPSA) is 0 Å². The maximum atomic E-state index is 6.83. The molecule has 0 bridgehead atoms. The highest BCUT2D eigenvalue weighted by Gasteiger charge is 2.39. The molecule has 1 fully saturated rings. The van der Waals surface area contributed by atoms with E-state index in [2.05, 4.69) is 45.0 Å². The standard InChI is InChI=1S/C18H27Cl/c1-4-18(11-5-6-12-18)17(19)16-9-7-15(8-10-16)13-14(2)3/h7-10,14,17H,4-6,11-13H2,1-3H3. The fourth-order valence-electron chi connectivity index (χ4n) is 3.51. The van der Waals surface area contributed by atoms with Gasteiger partial charge in [-0.15, -0.1) is 11.6 Å². The van der Waals surface area contributed by atoms with E-state index in [1.165, 1.54) is 43.2 Å². The average Bonchev–Trinajstić information content (AvgIpc) is 2.88. The lowest BCUT2D eigenvalue weighted by atomic mass is 9.77. The zero-order valence-corrected chi connectivity index (χ0v) is 13.3. The van der Waals surface area contributed by atoms with Gasteiger partial charge in [0.1, 0.15) is 0 Å². The fourth-order valence-corrected chi connectivity index (χ4v) is 4.03. The summed E-state index contributed by atoms with van der Waals surface area (Å²) in [5.74, 6) is 0.717. The van der Waals surface area contributed by atoms with E-state index in [0.717, 1.165) is 12.3 Å². The van der Waals surface area contributed by atoms with E-state index in [0.29, 0.717) is 5.41 Å². The minimum Gasteiger partial charge on any atom is -0.117 e. The van der Waals surface area contributed by atoms with Gasteiger partial charge in [0.25, 0.3) is 0 Å². The molecular formula is C18H27Cl. The molecule has 106 valence electrons. The van der Waals surface area contributed by atoms with Crippen molar-refractivity contribution in [3.8, 4) is 0 Å². The molecule has 0 aliphatic heterocycles. The van der Waals surface area contributed by atoms with Crippen LogP contribution in [0.3, 0.4) is 0 Å². The molecule has 0 radical (unpaired) electrons. The summed E-state index contributed by atoms with van der Waals surface area (Å²) in [5.41, 5.74) is 3.10. The van der Waals surface area contributed by atoms with Gasteiger partial charge in [0.05, 0.1) is 5.38 Å². The molecule has 1 saturated carbocycles. The molecule has 1 aliphatic carbocycles. The maximum absolute atomic E-state index is 6.83. The third kappa shape index (κ3) is 3.34. The van der Waals surface area contributed by atoms with Crippen LogP contribution in [0.15, 0.2) is 24.3 Å². The van der Waals surface area contributed by atoms with Gasteiger partial charge in [0.2, 0.25) is 0 Å². The highest BCUT2D eigenvalue weighted by molar-refractivity contribution is 6.21. The number of hydrogen-bond acceptors (Lipinski definition) is 0. The van der Waals surface area contributed by atoms with Crippen LogP contribution in [0.25, 0.3) is 0 Å². The van der Waals surface area contributed by atoms with E-state index in [-0.39, 0.29) is 5.38 Å². The molecule has 0 aromatic heterocycles. The average molecular weight is 279 g/mol. The highest BCUT2D eigenvalue weighted by Crippen LogP contribution is 2.53. The Morgan fingerprint density at radius 2 is 1.68 bits per heavy atom. The van der Waals surface area contributed by atoms with Gasteiger partial charge in [-0.1, -0.05) is 57.9 Å². The van der Waals surface area contributed by atoms with Crippen molar-refractivity contribution in [1.29, 1.82) is 0 Å². The monoisotopic (exact) mass is 278 g/mol. The molecule has 2 rings (SSSR count). The summed E-state index contributed by atoms with van der Waals surface area (Å²) in [7, 11) is 0. The largest absolute Gasteiger partial charge is 0.117 e. The van der Waals surface area contributed by atoms with E-state index in [4.69, 9.17) is 11.6 Å². The second kappa shape index (κ2) is 6.31. The van der Waals surface area contributed by atoms with Gasteiger partial charge < -0.3 is 0 Å². The van der Waals surface area contributed by atoms with Gasteiger partial charge in [-0.05, 0) is 48.1 Å². The molecule has 0 nitrogen and oxygen atoms in total. The lowest BCUT2D eigenvalue weighted by Gasteiger charge is -2.33. The van der Waals surface area contributed by atoms with Crippen molar-refractivity contribution in [2.45, 2.75) is 64.7 Å². The Kier molecular flexibility index (Phi) is 4.95. The normalized spacial score (nSPS) is 19.8. The summed E-state index contributed by atoms with van der Waals surface area (Å²) in [4.78, 5) is 0. The first-order chi connectivity index (χ1) is 9.07. The van der Waals surface area contributed by atoms with E-state index in [1.54, 1.807) is 0 Å². The molecule has 0 spiro atoms. The van der Waals surface area contributed by atoms with Crippen molar-refractivity contribution in [2.24, 2.45) is 11.3 Å². The van der Waals surface area contributed by atoms with E-state index < -0.39 is 0 Å². The molecule has 1 aromatic carbocycles. The molecule has 19 heavy (non-hydrogen) atoms. The van der Waals surface area contributed by atoms with Crippen LogP contribution in [0.4, 0.5) is 0 Å². The Bertz CT molecular complexity index is 385. The SMILES string of the molecule is CCC1(C(Cl)c2ccc(CC(C)C)cc2)CCCC1. The minimum atomic E-state index is 0.188. The van der Waals surface area contributed by atoms with Gasteiger partial charge in [-0.25, -0.2) is 0 Å². The van der Waals surface area contributed by atoms with Crippen molar-refractivity contribution in [3.63, 3.8) is 0 Å². The Balaban J connectivity index is 2.12. The lowest BCUT2D eigenvalue weighted by molar-refractivity contribution is 0.271.